The minimum Gasteiger partial charge on any atom is -0.326 e. The number of hydrogen-bond acceptors (Lipinski definition) is 6. The Labute approximate surface area is 173 Å². The van der Waals surface area contributed by atoms with Gasteiger partial charge in [0.2, 0.25) is 26.0 Å². The van der Waals surface area contributed by atoms with Crippen LogP contribution >= 0.6 is 0 Å². The molecule has 0 atom stereocenters. The second kappa shape index (κ2) is 7.70. The summed E-state index contributed by atoms with van der Waals surface area (Å²) in [6, 6.07) is 9.32. The van der Waals surface area contributed by atoms with Gasteiger partial charge in [0.15, 0.2) is 0 Å². The second-order valence-corrected chi connectivity index (χ2v) is 10.4. The molecule has 3 aromatic rings. The first-order valence-corrected chi connectivity index (χ1v) is 12.2. The van der Waals surface area contributed by atoms with E-state index in [1.165, 1.54) is 18.2 Å². The molecule has 4 rings (SSSR count). The Balaban J connectivity index is 1.39. The van der Waals surface area contributed by atoms with Gasteiger partial charge in [0, 0.05) is 31.0 Å². The van der Waals surface area contributed by atoms with Crippen LogP contribution < -0.4 is 14.8 Å². The third-order valence-electron chi connectivity index (χ3n) is 4.62. The lowest BCUT2D eigenvalue weighted by Crippen LogP contribution is -2.31. The average Bonchev–Trinajstić information content (AvgIpc) is 3.14. The largest absolute Gasteiger partial charge is 0.326 e. The summed E-state index contributed by atoms with van der Waals surface area (Å²) in [5.41, 5.74) is 2.40. The highest BCUT2D eigenvalue weighted by molar-refractivity contribution is 7.92. The van der Waals surface area contributed by atoms with Crippen LogP contribution in [0.3, 0.4) is 0 Å². The Morgan fingerprint density at radius 3 is 2.73 bits per heavy atom. The highest BCUT2D eigenvalue weighted by atomic mass is 32.2. The smallest absolute Gasteiger partial charge is 0.240 e. The standard InChI is InChI=1S/C18H19N5O5S2/c24-18-4-1-13-11-16(2-3-17(13)21-18)30(27,28)20-8-10-29(25,26)22-14-6-9-23-15(12-14)5-7-19-23/h2-3,5-7,9,11-12,20,22H,1,4,8,10H2,(H,21,24). The number of nitrogens with one attached hydrogen (secondary N) is 3. The van der Waals surface area contributed by atoms with E-state index in [0.717, 1.165) is 11.1 Å². The number of anilines is 2. The number of hydrogen-bond donors (Lipinski definition) is 3. The van der Waals surface area contributed by atoms with Crippen molar-refractivity contribution in [1.82, 2.24) is 14.3 Å². The molecule has 10 nitrogen and oxygen atoms in total. The molecule has 0 unspecified atom stereocenters. The van der Waals surface area contributed by atoms with Crippen molar-refractivity contribution in [1.29, 1.82) is 0 Å². The van der Waals surface area contributed by atoms with Crippen LogP contribution in [0.2, 0.25) is 0 Å². The van der Waals surface area contributed by atoms with Gasteiger partial charge in [-0.05, 0) is 48.4 Å². The summed E-state index contributed by atoms with van der Waals surface area (Å²) in [5.74, 6) is -0.543. The summed E-state index contributed by atoms with van der Waals surface area (Å²) in [6.07, 6.45) is 3.95. The molecular weight excluding hydrogens is 430 g/mol. The van der Waals surface area contributed by atoms with Gasteiger partial charge < -0.3 is 5.32 Å². The number of aromatic nitrogens is 2. The van der Waals surface area contributed by atoms with Crippen LogP contribution in [0.15, 0.2) is 53.7 Å². The number of carbonyl (C=O) groups excluding carboxylic acids is 1. The van der Waals surface area contributed by atoms with E-state index in [4.69, 9.17) is 0 Å². The number of carbonyl (C=O) groups is 1. The van der Waals surface area contributed by atoms with E-state index in [-0.39, 0.29) is 17.3 Å². The minimum absolute atomic E-state index is 0.0222. The molecule has 0 fully saturated rings. The predicted octanol–water partition coefficient (Wildman–Crippen LogP) is 0.939. The van der Waals surface area contributed by atoms with Gasteiger partial charge in [0.05, 0.1) is 21.9 Å². The van der Waals surface area contributed by atoms with Crippen molar-refractivity contribution in [3.8, 4) is 0 Å². The van der Waals surface area contributed by atoms with E-state index in [1.54, 1.807) is 35.1 Å². The quantitative estimate of drug-likeness (QED) is 0.491. The SMILES string of the molecule is O=C1CCc2cc(S(=O)(=O)NCCS(=O)(=O)Nc3ccn4nccc4c3)ccc2N1. The van der Waals surface area contributed by atoms with Crippen molar-refractivity contribution in [2.45, 2.75) is 17.7 Å². The molecule has 1 aromatic carbocycles. The monoisotopic (exact) mass is 449 g/mol. The Morgan fingerprint density at radius 2 is 1.90 bits per heavy atom. The lowest BCUT2D eigenvalue weighted by molar-refractivity contribution is -0.116. The van der Waals surface area contributed by atoms with Crippen LogP contribution in [0.4, 0.5) is 11.4 Å². The van der Waals surface area contributed by atoms with Crippen LogP contribution in [0.5, 0.6) is 0 Å². The molecule has 3 heterocycles. The molecule has 1 aliphatic rings. The van der Waals surface area contributed by atoms with Crippen molar-refractivity contribution >= 4 is 42.8 Å². The number of benzene rings is 1. The molecule has 0 bridgehead atoms. The third kappa shape index (κ3) is 4.45. The Hall–Kier alpha value is -2.96. The fraction of sp³-hybridized carbons (Fsp3) is 0.222. The molecule has 2 aromatic heterocycles. The first kappa shape index (κ1) is 20.3. The zero-order valence-corrected chi connectivity index (χ0v) is 17.3. The van der Waals surface area contributed by atoms with Gasteiger partial charge in [-0.1, -0.05) is 0 Å². The molecule has 1 aliphatic heterocycles. The zero-order chi connectivity index (χ0) is 21.4. The van der Waals surface area contributed by atoms with Gasteiger partial charge in [0.25, 0.3) is 0 Å². The first-order chi connectivity index (χ1) is 14.2. The maximum atomic E-state index is 12.5. The second-order valence-electron chi connectivity index (χ2n) is 6.80. The highest BCUT2D eigenvalue weighted by Crippen LogP contribution is 2.25. The van der Waals surface area contributed by atoms with E-state index >= 15 is 0 Å². The van der Waals surface area contributed by atoms with Crippen LogP contribution in [0.1, 0.15) is 12.0 Å². The number of fused-ring (bicyclic) bond motifs is 2. The molecule has 0 aliphatic carbocycles. The Bertz CT molecular complexity index is 1330. The van der Waals surface area contributed by atoms with Gasteiger partial charge in [-0.15, -0.1) is 0 Å². The van der Waals surface area contributed by atoms with Gasteiger partial charge in [-0.2, -0.15) is 5.10 Å². The molecule has 0 radical (unpaired) electrons. The predicted molar refractivity (Wildman–Crippen MR) is 111 cm³/mol. The van der Waals surface area contributed by atoms with Crippen molar-refractivity contribution in [2.24, 2.45) is 0 Å². The van der Waals surface area contributed by atoms with Gasteiger partial charge >= 0.3 is 0 Å². The Kier molecular flexibility index (Phi) is 5.22. The number of nitrogens with zero attached hydrogens (tertiary/aromatic N) is 2. The minimum atomic E-state index is -3.89. The fourth-order valence-electron chi connectivity index (χ4n) is 3.14. The molecule has 0 spiro atoms. The molecule has 0 saturated carbocycles. The third-order valence-corrected chi connectivity index (χ3v) is 7.37. The van der Waals surface area contributed by atoms with E-state index in [1.807, 2.05) is 0 Å². The van der Waals surface area contributed by atoms with E-state index in [0.29, 0.717) is 24.2 Å². The van der Waals surface area contributed by atoms with Gasteiger partial charge in [-0.25, -0.2) is 26.1 Å². The normalized spacial score (nSPS) is 14.3. The molecule has 12 heteroatoms. The Morgan fingerprint density at radius 1 is 1.07 bits per heavy atom. The van der Waals surface area contributed by atoms with E-state index in [2.05, 4.69) is 19.9 Å². The summed E-state index contributed by atoms with van der Waals surface area (Å²) in [6.45, 7) is -0.291. The van der Waals surface area contributed by atoms with Crippen molar-refractivity contribution in [2.75, 3.05) is 22.3 Å². The van der Waals surface area contributed by atoms with Crippen molar-refractivity contribution in [3.05, 3.63) is 54.4 Å². The average molecular weight is 450 g/mol. The van der Waals surface area contributed by atoms with Crippen LogP contribution in [-0.4, -0.2) is 44.7 Å². The summed E-state index contributed by atoms with van der Waals surface area (Å²) in [7, 11) is -7.66. The molecule has 30 heavy (non-hydrogen) atoms. The number of amides is 1. The maximum absolute atomic E-state index is 12.5. The summed E-state index contributed by atoms with van der Waals surface area (Å²) in [5, 5.41) is 6.72. The number of sulfonamides is 2. The topological polar surface area (TPSA) is 139 Å². The first-order valence-electron chi connectivity index (χ1n) is 9.08. The summed E-state index contributed by atoms with van der Waals surface area (Å²) in [4.78, 5) is 11.4. The van der Waals surface area contributed by atoms with Gasteiger partial charge in [-0.3, -0.25) is 9.52 Å². The number of rotatable bonds is 7. The molecular formula is C18H19N5O5S2. The zero-order valence-electron chi connectivity index (χ0n) is 15.7. The highest BCUT2D eigenvalue weighted by Gasteiger charge is 2.21. The van der Waals surface area contributed by atoms with Crippen LogP contribution in [-0.2, 0) is 31.3 Å². The summed E-state index contributed by atoms with van der Waals surface area (Å²) < 4.78 is 56.0. The lowest BCUT2D eigenvalue weighted by Gasteiger charge is -2.17. The molecule has 3 N–H and O–H groups in total. The number of aryl methyl sites for hydroxylation is 1. The van der Waals surface area contributed by atoms with Crippen LogP contribution in [0.25, 0.3) is 5.52 Å². The van der Waals surface area contributed by atoms with E-state index < -0.39 is 25.8 Å². The summed E-state index contributed by atoms with van der Waals surface area (Å²) >= 11 is 0. The molecule has 0 saturated heterocycles. The van der Waals surface area contributed by atoms with Crippen molar-refractivity contribution < 1.29 is 21.6 Å². The lowest BCUT2D eigenvalue weighted by atomic mass is 10.0. The van der Waals surface area contributed by atoms with Gasteiger partial charge in [0.1, 0.15) is 0 Å². The number of pyridine rings is 1. The van der Waals surface area contributed by atoms with Crippen molar-refractivity contribution in [3.63, 3.8) is 0 Å². The van der Waals surface area contributed by atoms with E-state index in [9.17, 15) is 21.6 Å². The molecule has 158 valence electrons. The fourth-order valence-corrected chi connectivity index (χ4v) is 5.31. The maximum Gasteiger partial charge on any atom is 0.240 e. The molecule has 1 amide bonds. The van der Waals surface area contributed by atoms with Crippen LogP contribution in [0, 0.1) is 0 Å².